The third-order valence-electron chi connectivity index (χ3n) is 9.13. The highest BCUT2D eigenvalue weighted by Gasteiger charge is 2.39. The molecule has 1 saturated heterocycles. The second-order valence-corrected chi connectivity index (χ2v) is 13.5. The summed E-state index contributed by atoms with van der Waals surface area (Å²) in [7, 11) is -0.252. The summed E-state index contributed by atoms with van der Waals surface area (Å²) in [5.74, 6) is -0.0332. The quantitative estimate of drug-likeness (QED) is 0.483. The van der Waals surface area contributed by atoms with Gasteiger partial charge < -0.3 is 14.4 Å². The molecule has 0 spiro atoms. The number of sulfonamides is 1. The van der Waals surface area contributed by atoms with Crippen molar-refractivity contribution in [1.29, 1.82) is 0 Å². The molecule has 8 nitrogen and oxygen atoms in total. The van der Waals surface area contributed by atoms with E-state index in [4.69, 9.17) is 0 Å². The summed E-state index contributed by atoms with van der Waals surface area (Å²) in [5.41, 5.74) is -0.260. The van der Waals surface area contributed by atoms with Crippen LogP contribution in [0.4, 0.5) is 13.2 Å². The molecule has 1 saturated carbocycles. The van der Waals surface area contributed by atoms with E-state index < -0.39 is 32.7 Å². The number of alkyl halides is 3. The molecule has 1 unspecified atom stereocenters. The van der Waals surface area contributed by atoms with Crippen LogP contribution in [0.3, 0.4) is 0 Å². The van der Waals surface area contributed by atoms with Crippen molar-refractivity contribution in [2.75, 3.05) is 46.8 Å². The number of rotatable bonds is 7. The zero-order chi connectivity index (χ0) is 29.4. The normalized spacial score (nSPS) is 25.1. The average Bonchev–Trinajstić information content (AvgIpc) is 3.45. The van der Waals surface area contributed by atoms with Crippen LogP contribution < -0.4 is 0 Å². The van der Waals surface area contributed by atoms with Gasteiger partial charge in [-0.25, -0.2) is 8.42 Å². The number of piperazine rings is 1. The van der Waals surface area contributed by atoms with Crippen molar-refractivity contribution in [3.05, 3.63) is 53.9 Å². The van der Waals surface area contributed by atoms with E-state index in [0.29, 0.717) is 18.7 Å². The van der Waals surface area contributed by atoms with E-state index in [1.165, 1.54) is 10.4 Å². The van der Waals surface area contributed by atoms with Gasteiger partial charge in [0.05, 0.1) is 16.5 Å². The third-order valence-corrected chi connectivity index (χ3v) is 11.0. The van der Waals surface area contributed by atoms with Gasteiger partial charge in [-0.15, -0.1) is 0 Å². The monoisotopic (exact) mass is 595 g/mol. The van der Waals surface area contributed by atoms with Gasteiger partial charge in [0.15, 0.2) is 0 Å². The van der Waals surface area contributed by atoms with Gasteiger partial charge in [0, 0.05) is 76.7 Å². The number of benzene rings is 1. The lowest BCUT2D eigenvalue weighted by molar-refractivity contribution is -0.137. The van der Waals surface area contributed by atoms with E-state index in [0.717, 1.165) is 69.7 Å². The average molecular weight is 596 g/mol. The molecule has 3 heterocycles. The molecule has 0 bridgehead atoms. The van der Waals surface area contributed by atoms with Gasteiger partial charge in [-0.3, -0.25) is 9.69 Å². The smallest absolute Gasteiger partial charge is 0.349 e. The molecule has 0 N–H and O–H groups in total. The Morgan fingerprint density at radius 1 is 1.02 bits per heavy atom. The van der Waals surface area contributed by atoms with Crippen molar-refractivity contribution >= 4 is 15.9 Å². The molecule has 0 radical (unpaired) electrons. The third kappa shape index (κ3) is 6.50. The van der Waals surface area contributed by atoms with Crippen molar-refractivity contribution < 1.29 is 26.4 Å². The van der Waals surface area contributed by atoms with Crippen LogP contribution in [0.5, 0.6) is 0 Å². The lowest BCUT2D eigenvalue weighted by atomic mass is 9.88. The summed E-state index contributed by atoms with van der Waals surface area (Å²) in [6.07, 6.45) is 1.72. The van der Waals surface area contributed by atoms with Gasteiger partial charge in [0.25, 0.3) is 0 Å². The van der Waals surface area contributed by atoms with E-state index in [1.54, 1.807) is 0 Å². The summed E-state index contributed by atoms with van der Waals surface area (Å²) in [6.45, 7) is 4.70. The number of hydrogen-bond acceptors (Lipinski definition) is 5. The van der Waals surface area contributed by atoms with E-state index in [9.17, 15) is 26.4 Å². The number of hydrogen-bond donors (Lipinski definition) is 0. The first kappa shape index (κ1) is 30.1. The fourth-order valence-corrected chi connectivity index (χ4v) is 8.31. The Labute approximate surface area is 240 Å². The Balaban J connectivity index is 1.29. The summed E-state index contributed by atoms with van der Waals surface area (Å²) < 4.78 is 70.7. The molecule has 5 rings (SSSR count). The summed E-state index contributed by atoms with van der Waals surface area (Å²) >= 11 is 0. The molecule has 1 aromatic carbocycles. The number of likely N-dealkylation sites (N-methyl/N-ethyl adjacent to an activating group) is 1. The fraction of sp³-hybridized carbons (Fsp3) is 0.621. The number of fused-ring (bicyclic) bond motifs is 1. The Morgan fingerprint density at radius 3 is 2.51 bits per heavy atom. The number of amides is 1. The minimum absolute atomic E-state index is 0.0332. The van der Waals surface area contributed by atoms with Crippen LogP contribution in [0.2, 0.25) is 0 Å². The summed E-state index contributed by atoms with van der Waals surface area (Å²) in [5, 5.41) is 0. The molecule has 1 aromatic heterocycles. The molecule has 2 aromatic rings. The maximum absolute atomic E-state index is 13.7. The number of carbonyl (C=O) groups excluding carboxylic acids is 1. The van der Waals surface area contributed by atoms with Gasteiger partial charge in [-0.2, -0.15) is 17.5 Å². The van der Waals surface area contributed by atoms with Crippen LogP contribution in [0.15, 0.2) is 47.5 Å². The predicted molar refractivity (Wildman–Crippen MR) is 150 cm³/mol. The zero-order valence-electron chi connectivity index (χ0n) is 23.8. The first-order valence-electron chi connectivity index (χ1n) is 14.5. The fourth-order valence-electron chi connectivity index (χ4n) is 6.64. The number of halogens is 3. The molecule has 1 amide bonds. The van der Waals surface area contributed by atoms with Gasteiger partial charge in [-0.05, 0) is 69.5 Å². The molecular weight excluding hydrogens is 555 g/mol. The maximum Gasteiger partial charge on any atom is 0.416 e. The molecule has 226 valence electrons. The van der Waals surface area contributed by atoms with Gasteiger partial charge in [0.2, 0.25) is 15.9 Å². The zero-order valence-corrected chi connectivity index (χ0v) is 24.6. The number of aromatic nitrogens is 1. The minimum atomic E-state index is -4.65. The SMILES string of the molecule is CN1CCN([C@H]2CCC[C@H](N(C)C(=O)CCC3c4cccn4CCN3S(=O)(=O)c3cccc(C(F)(F)F)c3)C2)CC1. The molecule has 3 aliphatic rings. The Morgan fingerprint density at radius 2 is 1.78 bits per heavy atom. The Bertz CT molecular complexity index is 1320. The Hall–Kier alpha value is -2.41. The highest BCUT2D eigenvalue weighted by atomic mass is 32.2. The van der Waals surface area contributed by atoms with E-state index in [2.05, 4.69) is 16.8 Å². The predicted octanol–water partition coefficient (Wildman–Crippen LogP) is 4.05. The minimum Gasteiger partial charge on any atom is -0.349 e. The van der Waals surface area contributed by atoms with Crippen LogP contribution in [0.1, 0.15) is 55.8 Å². The molecule has 2 fully saturated rings. The van der Waals surface area contributed by atoms with Gasteiger partial charge in [0.1, 0.15) is 0 Å². The van der Waals surface area contributed by atoms with Crippen molar-refractivity contribution in [3.8, 4) is 0 Å². The van der Waals surface area contributed by atoms with Crippen LogP contribution in [-0.4, -0.2) is 96.8 Å². The van der Waals surface area contributed by atoms with E-state index in [-0.39, 0.29) is 31.3 Å². The van der Waals surface area contributed by atoms with Crippen LogP contribution >= 0.6 is 0 Å². The number of nitrogens with zero attached hydrogens (tertiary/aromatic N) is 5. The van der Waals surface area contributed by atoms with Crippen molar-refractivity contribution in [2.24, 2.45) is 0 Å². The second kappa shape index (κ2) is 12.1. The lowest BCUT2D eigenvalue weighted by Gasteiger charge is -2.43. The Kier molecular flexibility index (Phi) is 8.84. The largest absolute Gasteiger partial charge is 0.416 e. The molecule has 2 aliphatic heterocycles. The van der Waals surface area contributed by atoms with Gasteiger partial charge >= 0.3 is 6.18 Å². The van der Waals surface area contributed by atoms with Crippen LogP contribution in [0.25, 0.3) is 0 Å². The van der Waals surface area contributed by atoms with Gasteiger partial charge in [-0.1, -0.05) is 6.07 Å². The molecule has 41 heavy (non-hydrogen) atoms. The van der Waals surface area contributed by atoms with Crippen molar-refractivity contribution in [3.63, 3.8) is 0 Å². The maximum atomic E-state index is 13.7. The first-order valence-corrected chi connectivity index (χ1v) is 15.9. The van der Waals surface area contributed by atoms with E-state index >= 15 is 0 Å². The topological polar surface area (TPSA) is 69.1 Å². The molecule has 3 atom stereocenters. The first-order chi connectivity index (χ1) is 19.4. The molecule has 12 heteroatoms. The summed E-state index contributed by atoms with van der Waals surface area (Å²) in [4.78, 5) is 19.8. The standard InChI is InChI=1S/C29H40F3N5O3S/c1-33-14-16-35(17-15-33)24-8-4-7-23(21-24)34(2)28(38)12-11-27-26-10-5-13-36(26)18-19-37(27)41(39,40)25-9-3-6-22(20-25)29(30,31)32/h3,5-6,9-10,13,20,23-24,27H,4,7-8,11-12,14-19,21H2,1-2H3/t23-,24-,27?/m0/s1. The van der Waals surface area contributed by atoms with Crippen LogP contribution in [0, 0.1) is 0 Å². The highest BCUT2D eigenvalue weighted by molar-refractivity contribution is 7.89. The lowest BCUT2D eigenvalue weighted by Crippen LogP contribution is -2.52. The number of carbonyl (C=O) groups is 1. The van der Waals surface area contributed by atoms with Crippen molar-refractivity contribution in [1.82, 2.24) is 23.6 Å². The summed E-state index contributed by atoms with van der Waals surface area (Å²) in [6, 6.07) is 7.49. The van der Waals surface area contributed by atoms with Crippen molar-refractivity contribution in [2.45, 2.75) is 74.3 Å². The highest BCUT2D eigenvalue weighted by Crippen LogP contribution is 2.37. The van der Waals surface area contributed by atoms with Crippen LogP contribution in [-0.2, 0) is 27.5 Å². The second-order valence-electron chi connectivity index (χ2n) is 11.6. The van der Waals surface area contributed by atoms with E-state index in [1.807, 2.05) is 34.8 Å². The molecular formula is C29H40F3N5O3S. The molecule has 1 aliphatic carbocycles.